The molecule has 0 saturated heterocycles. The molecule has 1 heterocycles. The molecule has 1 aliphatic rings. The van der Waals surface area contributed by atoms with Crippen molar-refractivity contribution < 1.29 is 0 Å². The first-order valence-electron chi connectivity index (χ1n) is 7.94. The predicted molar refractivity (Wildman–Crippen MR) is 85.5 cm³/mol. The fourth-order valence-electron chi connectivity index (χ4n) is 3.27. The van der Waals surface area contributed by atoms with Crippen molar-refractivity contribution in [2.24, 2.45) is 5.73 Å². The average Bonchev–Trinajstić information content (AvgIpc) is 2.49. The zero-order valence-corrected chi connectivity index (χ0v) is 12.9. The number of hydrogen-bond donors (Lipinski definition) is 1. The lowest BCUT2D eigenvalue weighted by Gasteiger charge is -2.29. The van der Waals surface area contributed by atoms with Crippen LogP contribution in [0.2, 0.25) is 0 Å². The van der Waals surface area contributed by atoms with Crippen LogP contribution < -0.4 is 5.73 Å². The maximum atomic E-state index is 5.75. The molecule has 3 nitrogen and oxygen atoms in total. The summed E-state index contributed by atoms with van der Waals surface area (Å²) in [6.07, 6.45) is 3.85. The van der Waals surface area contributed by atoms with E-state index >= 15 is 0 Å². The number of rotatable bonds is 5. The molecule has 0 saturated carbocycles. The van der Waals surface area contributed by atoms with Crippen molar-refractivity contribution >= 4 is 0 Å². The zero-order chi connectivity index (χ0) is 14.8. The van der Waals surface area contributed by atoms with Crippen LogP contribution in [0.15, 0.2) is 24.3 Å². The molecule has 110 valence electrons. The first kappa shape index (κ1) is 14.2. The third-order valence-corrected chi connectivity index (χ3v) is 4.43. The predicted octanol–water partition coefficient (Wildman–Crippen LogP) is 2.79. The first-order chi connectivity index (χ1) is 10.3. The Hall–Kier alpha value is -1.74. The van der Waals surface area contributed by atoms with Crippen LogP contribution in [0.5, 0.6) is 0 Å². The monoisotopic (exact) mass is 281 g/mol. The normalized spacial score (nSPS) is 16.4. The fourth-order valence-corrected chi connectivity index (χ4v) is 3.27. The maximum Gasteiger partial charge on any atom is 0.136 e. The van der Waals surface area contributed by atoms with E-state index in [9.17, 15) is 0 Å². The molecule has 0 fully saturated rings. The molecule has 1 atom stereocenters. The molecular formula is C18H23N3. The second-order valence-electron chi connectivity index (χ2n) is 5.66. The molecule has 3 rings (SSSR count). The summed E-state index contributed by atoms with van der Waals surface area (Å²) in [6, 6.07) is 8.62. The van der Waals surface area contributed by atoms with Gasteiger partial charge >= 0.3 is 0 Å². The van der Waals surface area contributed by atoms with Crippen molar-refractivity contribution in [2.75, 3.05) is 6.54 Å². The van der Waals surface area contributed by atoms with Gasteiger partial charge < -0.3 is 5.73 Å². The lowest BCUT2D eigenvalue weighted by Crippen LogP contribution is -2.23. The Morgan fingerprint density at radius 3 is 2.33 bits per heavy atom. The minimum atomic E-state index is 0.378. The summed E-state index contributed by atoms with van der Waals surface area (Å²) < 4.78 is 0. The van der Waals surface area contributed by atoms with E-state index in [4.69, 9.17) is 15.7 Å². The summed E-state index contributed by atoms with van der Waals surface area (Å²) in [7, 11) is 0. The average molecular weight is 281 g/mol. The molecule has 1 unspecified atom stereocenters. The van der Waals surface area contributed by atoms with Crippen LogP contribution >= 0.6 is 0 Å². The van der Waals surface area contributed by atoms with Gasteiger partial charge in [-0.3, -0.25) is 0 Å². The molecule has 0 amide bonds. The molecule has 0 aliphatic heterocycles. The van der Waals surface area contributed by atoms with Crippen LogP contribution in [-0.2, 0) is 25.7 Å². The molecule has 21 heavy (non-hydrogen) atoms. The van der Waals surface area contributed by atoms with E-state index in [0.717, 1.165) is 31.5 Å². The molecule has 1 aliphatic carbocycles. The summed E-state index contributed by atoms with van der Waals surface area (Å²) in [5.74, 6) is 1.38. The lowest BCUT2D eigenvalue weighted by molar-refractivity contribution is 0.641. The molecule has 3 heteroatoms. The molecule has 0 bridgehead atoms. The van der Waals surface area contributed by atoms with Gasteiger partial charge in [-0.05, 0) is 48.9 Å². The number of hydrogen-bond acceptors (Lipinski definition) is 3. The van der Waals surface area contributed by atoms with Crippen LogP contribution in [0.1, 0.15) is 53.7 Å². The van der Waals surface area contributed by atoms with E-state index in [0.29, 0.717) is 12.5 Å². The van der Waals surface area contributed by atoms with Crippen LogP contribution in [0.4, 0.5) is 0 Å². The number of fused-ring (bicyclic) bond motifs is 1. The summed E-state index contributed by atoms with van der Waals surface area (Å²) in [5, 5.41) is 0. The van der Waals surface area contributed by atoms with Crippen molar-refractivity contribution in [2.45, 2.75) is 45.4 Å². The quantitative estimate of drug-likeness (QED) is 0.917. The molecule has 1 aromatic carbocycles. The topological polar surface area (TPSA) is 51.8 Å². The Kier molecular flexibility index (Phi) is 4.02. The third-order valence-electron chi connectivity index (χ3n) is 4.43. The minimum Gasteiger partial charge on any atom is -0.330 e. The SMILES string of the molecule is CCc1nc(C2Cc3ccccc32)nc(CC)c1CCN. The van der Waals surface area contributed by atoms with Gasteiger partial charge in [-0.25, -0.2) is 9.97 Å². The van der Waals surface area contributed by atoms with Crippen LogP contribution in [0, 0.1) is 0 Å². The van der Waals surface area contributed by atoms with Crippen molar-refractivity contribution in [1.82, 2.24) is 9.97 Å². The molecule has 2 N–H and O–H groups in total. The van der Waals surface area contributed by atoms with E-state index in [-0.39, 0.29) is 0 Å². The van der Waals surface area contributed by atoms with Crippen LogP contribution in [0.3, 0.4) is 0 Å². The second kappa shape index (κ2) is 5.94. The summed E-state index contributed by atoms with van der Waals surface area (Å²) in [4.78, 5) is 9.75. The standard InChI is InChI=1S/C18H23N3/c1-3-16-14(9-10-19)17(4-2)21-18(20-16)15-11-12-7-5-6-8-13(12)15/h5-8,15H,3-4,9-11,19H2,1-2H3. The Balaban J connectivity index is 2.01. The Morgan fingerprint density at radius 2 is 1.76 bits per heavy atom. The van der Waals surface area contributed by atoms with Gasteiger partial charge in [-0.1, -0.05) is 38.1 Å². The summed E-state index contributed by atoms with van der Waals surface area (Å²) in [6.45, 7) is 5.00. The van der Waals surface area contributed by atoms with Gasteiger partial charge in [0.1, 0.15) is 5.82 Å². The molecule has 2 aromatic rings. The van der Waals surface area contributed by atoms with Crippen molar-refractivity contribution in [3.05, 3.63) is 58.2 Å². The highest BCUT2D eigenvalue weighted by atomic mass is 14.9. The van der Waals surface area contributed by atoms with Gasteiger partial charge in [0.15, 0.2) is 0 Å². The number of nitrogens with zero attached hydrogens (tertiary/aromatic N) is 2. The third kappa shape index (κ3) is 2.46. The molecule has 0 spiro atoms. The van der Waals surface area contributed by atoms with Crippen molar-refractivity contribution in [1.29, 1.82) is 0 Å². The van der Waals surface area contributed by atoms with Gasteiger partial charge in [0.05, 0.1) is 0 Å². The zero-order valence-electron chi connectivity index (χ0n) is 12.9. The van der Waals surface area contributed by atoms with Crippen molar-refractivity contribution in [3.63, 3.8) is 0 Å². The van der Waals surface area contributed by atoms with E-state index < -0.39 is 0 Å². The van der Waals surface area contributed by atoms with Crippen LogP contribution in [-0.4, -0.2) is 16.5 Å². The Bertz CT molecular complexity index is 624. The highest BCUT2D eigenvalue weighted by Gasteiger charge is 2.30. The van der Waals surface area contributed by atoms with E-state index in [1.54, 1.807) is 0 Å². The lowest BCUT2D eigenvalue weighted by atomic mass is 9.77. The summed E-state index contributed by atoms with van der Waals surface area (Å²) >= 11 is 0. The van der Waals surface area contributed by atoms with Crippen LogP contribution in [0.25, 0.3) is 0 Å². The van der Waals surface area contributed by atoms with Gasteiger partial charge in [0.2, 0.25) is 0 Å². The van der Waals surface area contributed by atoms with E-state index in [2.05, 4.69) is 38.1 Å². The van der Waals surface area contributed by atoms with E-state index in [1.807, 2.05) is 0 Å². The largest absolute Gasteiger partial charge is 0.330 e. The number of nitrogens with two attached hydrogens (primary N) is 1. The maximum absolute atomic E-state index is 5.75. The molecular weight excluding hydrogens is 258 g/mol. The summed E-state index contributed by atoms with van der Waals surface area (Å²) in [5.41, 5.74) is 12.2. The number of benzene rings is 1. The number of aryl methyl sites for hydroxylation is 2. The fraction of sp³-hybridized carbons (Fsp3) is 0.444. The Morgan fingerprint density at radius 1 is 1.10 bits per heavy atom. The molecule has 0 radical (unpaired) electrons. The highest BCUT2D eigenvalue weighted by Crippen LogP contribution is 2.38. The van der Waals surface area contributed by atoms with Gasteiger partial charge in [-0.2, -0.15) is 0 Å². The Labute approximate surface area is 126 Å². The number of aromatic nitrogens is 2. The highest BCUT2D eigenvalue weighted by molar-refractivity contribution is 5.44. The van der Waals surface area contributed by atoms with Gasteiger partial charge in [0.25, 0.3) is 0 Å². The second-order valence-corrected chi connectivity index (χ2v) is 5.66. The van der Waals surface area contributed by atoms with Gasteiger partial charge in [0, 0.05) is 17.3 Å². The van der Waals surface area contributed by atoms with E-state index in [1.165, 1.54) is 28.1 Å². The first-order valence-corrected chi connectivity index (χ1v) is 7.94. The minimum absolute atomic E-state index is 0.378. The smallest absolute Gasteiger partial charge is 0.136 e. The molecule has 1 aromatic heterocycles. The van der Waals surface area contributed by atoms with Crippen molar-refractivity contribution in [3.8, 4) is 0 Å². The van der Waals surface area contributed by atoms with Gasteiger partial charge in [-0.15, -0.1) is 0 Å².